The van der Waals surface area contributed by atoms with Crippen LogP contribution in [0.3, 0.4) is 0 Å². The number of rotatable bonds is 1. The second-order valence-electron chi connectivity index (χ2n) is 4.29. The van der Waals surface area contributed by atoms with Crippen LogP contribution in [-0.2, 0) is 10.4 Å². The quantitative estimate of drug-likeness (QED) is 0.796. The van der Waals surface area contributed by atoms with Gasteiger partial charge in [0.2, 0.25) is 5.60 Å². The zero-order chi connectivity index (χ0) is 12.9. The number of aliphatic hydroxyl groups is 1. The third-order valence-corrected chi connectivity index (χ3v) is 4.50. The van der Waals surface area contributed by atoms with E-state index in [2.05, 4.69) is 5.32 Å². The van der Waals surface area contributed by atoms with E-state index < -0.39 is 11.5 Å². The molecule has 0 saturated heterocycles. The number of thiophene rings is 1. The van der Waals surface area contributed by atoms with Crippen molar-refractivity contribution in [3.8, 4) is 0 Å². The topological polar surface area (TPSA) is 49.3 Å². The fraction of sp³-hybridized carbons (Fsp3) is 0.154. The van der Waals surface area contributed by atoms with Crippen molar-refractivity contribution in [2.45, 2.75) is 12.5 Å². The molecule has 3 nitrogen and oxygen atoms in total. The normalized spacial score (nSPS) is 20.7. The first-order chi connectivity index (χ1) is 8.53. The van der Waals surface area contributed by atoms with Crippen LogP contribution in [0.4, 0.5) is 5.69 Å². The number of carbonyl (C=O) groups excluding carboxylic acids is 1. The number of halogens is 1. The molecule has 0 radical (unpaired) electrons. The van der Waals surface area contributed by atoms with Crippen LogP contribution in [-0.4, -0.2) is 34.1 Å². The summed E-state index contributed by atoms with van der Waals surface area (Å²) in [5, 5.41) is 15.9. The maximum Gasteiger partial charge on any atom is 2.00 e. The molecule has 0 spiro atoms. The molecule has 1 amide bonds. The first-order valence-electron chi connectivity index (χ1n) is 5.42. The Balaban J connectivity index is 0.00000133. The summed E-state index contributed by atoms with van der Waals surface area (Å²) in [6, 6.07) is 6.91. The van der Waals surface area contributed by atoms with Crippen molar-refractivity contribution in [2.24, 2.45) is 0 Å². The number of hydrogen-bond acceptors (Lipinski definition) is 3. The summed E-state index contributed by atoms with van der Waals surface area (Å²) in [6.07, 6.45) is 0. The van der Waals surface area contributed by atoms with Crippen LogP contribution in [0.1, 0.15) is 18.9 Å². The Kier molecular flexibility index (Phi) is 3.95. The summed E-state index contributed by atoms with van der Waals surface area (Å²) in [7, 11) is 0. The van der Waals surface area contributed by atoms with Gasteiger partial charge in [0.25, 0.3) is 5.91 Å². The summed E-state index contributed by atoms with van der Waals surface area (Å²) in [5.41, 5.74) is 0.397. The smallest absolute Gasteiger partial charge is 1.00 e. The molecule has 0 fully saturated rings. The van der Waals surface area contributed by atoms with Gasteiger partial charge in [-0.25, -0.2) is 0 Å². The van der Waals surface area contributed by atoms with Crippen molar-refractivity contribution in [2.75, 3.05) is 5.32 Å². The van der Waals surface area contributed by atoms with E-state index in [0.717, 1.165) is 5.56 Å². The molecular formula is C13H12ClMgNO2S. The third kappa shape index (κ3) is 2.10. The zero-order valence-corrected chi connectivity index (χ0v) is 13.2. The number of fused-ring (bicyclic) bond motifs is 1. The Bertz CT molecular complexity index is 667. The van der Waals surface area contributed by atoms with Crippen LogP contribution in [0, 0.1) is 6.92 Å². The van der Waals surface area contributed by atoms with Crippen molar-refractivity contribution in [1.82, 2.24) is 0 Å². The van der Waals surface area contributed by atoms with Gasteiger partial charge in [0.05, 0.1) is 4.88 Å². The van der Waals surface area contributed by atoms with E-state index in [9.17, 15) is 9.90 Å². The van der Waals surface area contributed by atoms with Crippen molar-refractivity contribution in [1.29, 1.82) is 0 Å². The largest absolute Gasteiger partial charge is 2.00 e. The molecule has 0 bridgehead atoms. The molecule has 1 aliphatic rings. The molecule has 0 saturated carbocycles. The van der Waals surface area contributed by atoms with Crippen molar-refractivity contribution < 1.29 is 12.8 Å². The van der Waals surface area contributed by atoms with Gasteiger partial charge in [-0.3, -0.25) is 4.79 Å². The summed E-state index contributed by atoms with van der Waals surface area (Å²) in [6.45, 7) is 1.87. The maximum atomic E-state index is 12.1. The molecule has 0 aliphatic carbocycles. The second-order valence-corrected chi connectivity index (χ2v) is 5.64. The Labute approximate surface area is 138 Å². The van der Waals surface area contributed by atoms with Crippen LogP contribution >= 0.6 is 22.9 Å². The minimum absolute atomic E-state index is 0. The van der Waals surface area contributed by atoms with Gasteiger partial charge in [-0.2, -0.15) is 0 Å². The predicted molar refractivity (Wildman–Crippen MR) is 80.1 cm³/mol. The molecule has 96 valence electrons. The molecule has 1 unspecified atom stereocenters. The van der Waals surface area contributed by atoms with Gasteiger partial charge in [0, 0.05) is 16.3 Å². The SMILES string of the molecule is Cc1ccsc1C1(O)C(=O)Nc2ccc(Cl)cc21.[H-].[H-].[Mg+2]. The van der Waals surface area contributed by atoms with Crippen LogP contribution in [0.25, 0.3) is 0 Å². The van der Waals surface area contributed by atoms with Crippen LogP contribution in [0.5, 0.6) is 0 Å². The number of amides is 1. The standard InChI is InChI=1S/C13H10ClNO2S.Mg.2H/c1-7-4-5-18-11(7)13(17)9-6-8(14)2-3-10(9)15-12(13)16;;;/h2-6,17H,1H3,(H,15,16);;;/q;+2;2*-1. The number of benzene rings is 1. The number of anilines is 1. The molecule has 1 aromatic heterocycles. The fourth-order valence-corrected chi connectivity index (χ4v) is 3.44. The van der Waals surface area contributed by atoms with Gasteiger partial charge < -0.3 is 13.3 Å². The van der Waals surface area contributed by atoms with Crippen LogP contribution < -0.4 is 5.32 Å². The Morgan fingerprint density at radius 1 is 1.42 bits per heavy atom. The first kappa shape index (κ1) is 14.8. The van der Waals surface area contributed by atoms with Gasteiger partial charge in [-0.15, -0.1) is 11.3 Å². The average molecular weight is 306 g/mol. The molecule has 1 aromatic carbocycles. The van der Waals surface area contributed by atoms with E-state index in [1.54, 1.807) is 18.2 Å². The van der Waals surface area contributed by atoms with Gasteiger partial charge >= 0.3 is 23.1 Å². The van der Waals surface area contributed by atoms with Crippen molar-refractivity contribution in [3.63, 3.8) is 0 Å². The van der Waals surface area contributed by atoms with E-state index in [4.69, 9.17) is 11.6 Å². The molecule has 6 heteroatoms. The third-order valence-electron chi connectivity index (χ3n) is 3.14. The molecule has 2 aromatic rings. The number of hydrogen-bond donors (Lipinski definition) is 2. The zero-order valence-electron chi connectivity index (χ0n) is 12.2. The van der Waals surface area contributed by atoms with Crippen molar-refractivity contribution >= 4 is 57.6 Å². The molecule has 1 aliphatic heterocycles. The Hall–Kier alpha value is -0.594. The van der Waals surface area contributed by atoms with E-state index in [0.29, 0.717) is 21.2 Å². The van der Waals surface area contributed by atoms with Gasteiger partial charge in [-0.05, 0) is 42.1 Å². The summed E-state index contributed by atoms with van der Waals surface area (Å²) < 4.78 is 0. The van der Waals surface area contributed by atoms with Crippen LogP contribution in [0.2, 0.25) is 5.02 Å². The maximum absolute atomic E-state index is 12.1. The average Bonchev–Trinajstić information content (AvgIpc) is 2.85. The number of carbonyl (C=O) groups is 1. The first-order valence-corrected chi connectivity index (χ1v) is 6.67. The number of aryl methyl sites for hydroxylation is 1. The number of nitrogens with one attached hydrogen (secondary N) is 1. The Morgan fingerprint density at radius 3 is 2.79 bits per heavy atom. The monoisotopic (exact) mass is 305 g/mol. The van der Waals surface area contributed by atoms with E-state index >= 15 is 0 Å². The molecule has 2 N–H and O–H groups in total. The van der Waals surface area contributed by atoms with Gasteiger partial charge in [0.15, 0.2) is 0 Å². The van der Waals surface area contributed by atoms with E-state index in [-0.39, 0.29) is 25.9 Å². The molecule has 19 heavy (non-hydrogen) atoms. The van der Waals surface area contributed by atoms with E-state index in [1.807, 2.05) is 18.4 Å². The second kappa shape index (κ2) is 5.07. The minimum Gasteiger partial charge on any atom is -1.00 e. The van der Waals surface area contributed by atoms with Gasteiger partial charge in [-0.1, -0.05) is 11.6 Å². The van der Waals surface area contributed by atoms with E-state index in [1.165, 1.54) is 11.3 Å². The Morgan fingerprint density at radius 2 is 2.16 bits per heavy atom. The van der Waals surface area contributed by atoms with Gasteiger partial charge in [0.1, 0.15) is 0 Å². The van der Waals surface area contributed by atoms with Crippen molar-refractivity contribution in [3.05, 3.63) is 50.7 Å². The minimum atomic E-state index is -1.63. The predicted octanol–water partition coefficient (Wildman–Crippen LogP) is 2.74. The summed E-state index contributed by atoms with van der Waals surface area (Å²) in [5.74, 6) is -0.426. The molecular weight excluding hydrogens is 294 g/mol. The molecule has 1 atom stereocenters. The summed E-state index contributed by atoms with van der Waals surface area (Å²) in [4.78, 5) is 12.8. The van der Waals surface area contributed by atoms with Crippen LogP contribution in [0.15, 0.2) is 29.6 Å². The molecule has 2 heterocycles. The fourth-order valence-electron chi connectivity index (χ4n) is 2.23. The summed E-state index contributed by atoms with van der Waals surface area (Å²) >= 11 is 7.32. The molecule has 3 rings (SSSR count).